The summed E-state index contributed by atoms with van der Waals surface area (Å²) >= 11 is 0. The van der Waals surface area contributed by atoms with Crippen LogP contribution in [0.2, 0.25) is 0 Å². The third-order valence-corrected chi connectivity index (χ3v) is 6.61. The van der Waals surface area contributed by atoms with Crippen LogP contribution in [-0.4, -0.2) is 19.9 Å². The molecule has 0 spiro atoms. The van der Waals surface area contributed by atoms with Crippen molar-refractivity contribution in [2.45, 2.75) is 0 Å². The number of nitrogens with zero attached hydrogens (tertiary/aromatic N) is 4. The molecule has 0 aliphatic rings. The molecule has 168 valence electrons. The average Bonchev–Trinajstić information content (AvgIpc) is 2.96. The first kappa shape index (κ1) is 20.4. The molecule has 5 aromatic carbocycles. The predicted molar refractivity (Wildman–Crippen MR) is 146 cm³/mol. The molecule has 4 nitrogen and oxygen atoms in total. The highest BCUT2D eigenvalue weighted by molar-refractivity contribution is 6.21. The molecule has 2 heterocycles. The fraction of sp³-hybridized carbons (Fsp3) is 0. The first-order valence-electron chi connectivity index (χ1n) is 11.9. The van der Waals surface area contributed by atoms with Crippen molar-refractivity contribution in [2.75, 3.05) is 0 Å². The zero-order valence-electron chi connectivity index (χ0n) is 19.3. The third kappa shape index (κ3) is 3.23. The number of hydrogen-bond donors (Lipinski definition) is 0. The lowest BCUT2D eigenvalue weighted by atomic mass is 9.88. The molecule has 0 saturated carbocycles. The van der Waals surface area contributed by atoms with Crippen LogP contribution >= 0.6 is 0 Å². The summed E-state index contributed by atoms with van der Waals surface area (Å²) in [5, 5.41) is 4.44. The van der Waals surface area contributed by atoms with Crippen molar-refractivity contribution in [1.29, 1.82) is 0 Å². The van der Waals surface area contributed by atoms with Crippen LogP contribution < -0.4 is 0 Å². The highest BCUT2D eigenvalue weighted by atomic mass is 14.8. The van der Waals surface area contributed by atoms with Crippen molar-refractivity contribution in [3.63, 3.8) is 0 Å². The summed E-state index contributed by atoms with van der Waals surface area (Å²) in [7, 11) is 0. The van der Waals surface area contributed by atoms with Gasteiger partial charge in [0, 0.05) is 29.1 Å². The lowest BCUT2D eigenvalue weighted by Gasteiger charge is -2.18. The van der Waals surface area contributed by atoms with Crippen molar-refractivity contribution in [3.8, 4) is 33.8 Å². The van der Waals surface area contributed by atoms with Gasteiger partial charge in [-0.05, 0) is 33.7 Å². The smallest absolute Gasteiger partial charge is 0.0985 e. The molecule has 2 aromatic heterocycles. The van der Waals surface area contributed by atoms with E-state index in [1.807, 2.05) is 48.7 Å². The van der Waals surface area contributed by atoms with Crippen LogP contribution in [0.3, 0.4) is 0 Å². The Morgan fingerprint density at radius 1 is 0.444 bits per heavy atom. The van der Waals surface area contributed by atoms with Crippen LogP contribution in [0.5, 0.6) is 0 Å². The van der Waals surface area contributed by atoms with E-state index in [-0.39, 0.29) is 0 Å². The molecule has 36 heavy (non-hydrogen) atoms. The number of benzene rings is 5. The Labute approximate surface area is 208 Å². The van der Waals surface area contributed by atoms with Gasteiger partial charge in [0.05, 0.1) is 34.3 Å². The second kappa shape index (κ2) is 8.36. The largest absolute Gasteiger partial charge is 0.261 e. The van der Waals surface area contributed by atoms with Crippen LogP contribution in [0.1, 0.15) is 0 Å². The van der Waals surface area contributed by atoms with Gasteiger partial charge in [0.15, 0.2) is 0 Å². The van der Waals surface area contributed by atoms with Gasteiger partial charge in [-0.25, -0.2) is 9.97 Å². The van der Waals surface area contributed by atoms with E-state index in [0.717, 1.165) is 66.4 Å². The zero-order valence-corrected chi connectivity index (χ0v) is 19.3. The van der Waals surface area contributed by atoms with Crippen molar-refractivity contribution in [1.82, 2.24) is 19.9 Å². The van der Waals surface area contributed by atoms with Gasteiger partial charge in [0.1, 0.15) is 0 Å². The SMILES string of the molecule is c1ccc(-c2nc3ccccc3nc2-c2c3ccccc3c(-c3cnccn3)c3ccccc23)cc1. The summed E-state index contributed by atoms with van der Waals surface area (Å²) in [6, 6.07) is 35.3. The lowest BCUT2D eigenvalue weighted by Crippen LogP contribution is -1.98. The topological polar surface area (TPSA) is 51.6 Å². The van der Waals surface area contributed by atoms with Crippen LogP contribution in [0, 0.1) is 0 Å². The van der Waals surface area contributed by atoms with Gasteiger partial charge in [-0.3, -0.25) is 9.97 Å². The van der Waals surface area contributed by atoms with E-state index < -0.39 is 0 Å². The summed E-state index contributed by atoms with van der Waals surface area (Å²) in [5.74, 6) is 0. The van der Waals surface area contributed by atoms with E-state index in [1.54, 1.807) is 12.4 Å². The second-order valence-corrected chi connectivity index (χ2v) is 8.71. The number of hydrogen-bond acceptors (Lipinski definition) is 4. The molecule has 0 aliphatic heterocycles. The second-order valence-electron chi connectivity index (χ2n) is 8.71. The van der Waals surface area contributed by atoms with E-state index in [0.29, 0.717) is 0 Å². The van der Waals surface area contributed by atoms with Gasteiger partial charge in [0.25, 0.3) is 0 Å². The molecule has 0 saturated heterocycles. The Morgan fingerprint density at radius 2 is 0.972 bits per heavy atom. The Balaban J connectivity index is 1.68. The summed E-state index contributed by atoms with van der Waals surface area (Å²) in [5.41, 5.74) is 7.54. The first-order chi connectivity index (χ1) is 17.9. The molecule has 0 N–H and O–H groups in total. The molecular formula is C32H20N4. The number of para-hydroxylation sites is 2. The van der Waals surface area contributed by atoms with E-state index in [2.05, 4.69) is 70.6 Å². The number of fused-ring (bicyclic) bond motifs is 3. The quantitative estimate of drug-likeness (QED) is 0.253. The first-order valence-corrected chi connectivity index (χ1v) is 11.9. The molecule has 0 atom stereocenters. The molecule has 0 aliphatic carbocycles. The highest BCUT2D eigenvalue weighted by Gasteiger charge is 2.21. The predicted octanol–water partition coefficient (Wildman–Crippen LogP) is 7.73. The van der Waals surface area contributed by atoms with E-state index >= 15 is 0 Å². The monoisotopic (exact) mass is 460 g/mol. The van der Waals surface area contributed by atoms with Crippen LogP contribution in [0.4, 0.5) is 0 Å². The minimum atomic E-state index is 0.851. The summed E-state index contributed by atoms with van der Waals surface area (Å²) < 4.78 is 0. The Morgan fingerprint density at radius 3 is 1.56 bits per heavy atom. The van der Waals surface area contributed by atoms with Crippen molar-refractivity contribution in [2.24, 2.45) is 0 Å². The van der Waals surface area contributed by atoms with E-state index in [9.17, 15) is 0 Å². The van der Waals surface area contributed by atoms with E-state index in [1.165, 1.54) is 0 Å². The maximum absolute atomic E-state index is 5.23. The summed E-state index contributed by atoms with van der Waals surface area (Å²) in [6.45, 7) is 0. The molecule has 0 unspecified atom stereocenters. The van der Waals surface area contributed by atoms with Gasteiger partial charge in [-0.2, -0.15) is 0 Å². The number of aromatic nitrogens is 4. The maximum Gasteiger partial charge on any atom is 0.0985 e. The van der Waals surface area contributed by atoms with Crippen LogP contribution in [0.15, 0.2) is 122 Å². The van der Waals surface area contributed by atoms with Crippen LogP contribution in [-0.2, 0) is 0 Å². The van der Waals surface area contributed by atoms with Gasteiger partial charge >= 0.3 is 0 Å². The molecule has 7 rings (SSSR count). The average molecular weight is 461 g/mol. The van der Waals surface area contributed by atoms with Gasteiger partial charge in [-0.15, -0.1) is 0 Å². The molecule has 0 amide bonds. The fourth-order valence-corrected chi connectivity index (χ4v) is 5.06. The Kier molecular flexibility index (Phi) is 4.74. The highest BCUT2D eigenvalue weighted by Crippen LogP contribution is 2.44. The lowest BCUT2D eigenvalue weighted by molar-refractivity contribution is 1.21. The molecular weight excluding hydrogens is 440 g/mol. The van der Waals surface area contributed by atoms with Crippen LogP contribution in [0.25, 0.3) is 66.4 Å². The Hall–Kier alpha value is -4.96. The van der Waals surface area contributed by atoms with Gasteiger partial charge in [-0.1, -0.05) is 91.0 Å². The molecule has 0 bridgehead atoms. The summed E-state index contributed by atoms with van der Waals surface area (Å²) in [4.78, 5) is 19.4. The van der Waals surface area contributed by atoms with Crippen molar-refractivity contribution < 1.29 is 0 Å². The molecule has 4 heteroatoms. The maximum atomic E-state index is 5.23. The van der Waals surface area contributed by atoms with Gasteiger partial charge < -0.3 is 0 Å². The Bertz CT molecular complexity index is 1820. The normalized spacial score (nSPS) is 11.3. The summed E-state index contributed by atoms with van der Waals surface area (Å²) in [6.07, 6.45) is 5.28. The minimum absolute atomic E-state index is 0.851. The molecule has 0 fully saturated rings. The van der Waals surface area contributed by atoms with Gasteiger partial charge in [0.2, 0.25) is 0 Å². The fourth-order valence-electron chi connectivity index (χ4n) is 5.06. The van der Waals surface area contributed by atoms with Crippen molar-refractivity contribution >= 4 is 32.6 Å². The molecule has 7 aromatic rings. The van der Waals surface area contributed by atoms with Crippen molar-refractivity contribution in [3.05, 3.63) is 122 Å². The molecule has 0 radical (unpaired) electrons. The minimum Gasteiger partial charge on any atom is -0.261 e. The third-order valence-electron chi connectivity index (χ3n) is 6.61. The standard InChI is InChI=1S/C32H20N4/c1-2-10-21(11-3-1)31-32(36-27-17-9-8-16-26(27)35-31)30-24-14-6-4-12-22(24)29(28-20-33-18-19-34-28)23-13-5-7-15-25(23)30/h1-20H. The van der Waals surface area contributed by atoms with E-state index in [4.69, 9.17) is 9.97 Å². The zero-order chi connectivity index (χ0) is 23.9. The number of rotatable bonds is 3.